The molecule has 124 valence electrons. The van der Waals surface area contributed by atoms with Crippen molar-refractivity contribution in [1.29, 1.82) is 0 Å². The quantitative estimate of drug-likeness (QED) is 0.756. The Balaban J connectivity index is 1.69. The van der Waals surface area contributed by atoms with Gasteiger partial charge in [-0.2, -0.15) is 13.5 Å². The summed E-state index contributed by atoms with van der Waals surface area (Å²) in [5, 5.41) is 4.06. The van der Waals surface area contributed by atoms with Gasteiger partial charge in [0.05, 0.1) is 0 Å². The van der Waals surface area contributed by atoms with Gasteiger partial charge in [0.15, 0.2) is 16.7 Å². The third-order valence-electron chi connectivity index (χ3n) is 3.79. The highest BCUT2D eigenvalue weighted by Crippen LogP contribution is 2.21. The monoisotopic (exact) mass is 345 g/mol. The third kappa shape index (κ3) is 2.64. The number of fused-ring (bicyclic) bond motifs is 1. The molecule has 0 amide bonds. The summed E-state index contributed by atoms with van der Waals surface area (Å²) in [5.41, 5.74) is 0. The van der Waals surface area contributed by atoms with Crippen LogP contribution in [0.5, 0.6) is 0 Å². The first kappa shape index (κ1) is 14.8. The molecule has 10 heteroatoms. The SMILES string of the molecule is O=S(=O)(Nc1nccnc1-n1cccn1)c1cn2c(n1)CCCC2. The van der Waals surface area contributed by atoms with Crippen LogP contribution in [-0.2, 0) is 23.0 Å². The van der Waals surface area contributed by atoms with E-state index in [9.17, 15) is 8.42 Å². The summed E-state index contributed by atoms with van der Waals surface area (Å²) in [6.07, 6.45) is 10.6. The van der Waals surface area contributed by atoms with Crippen molar-refractivity contribution >= 4 is 15.8 Å². The van der Waals surface area contributed by atoms with Crippen molar-refractivity contribution in [1.82, 2.24) is 29.3 Å². The van der Waals surface area contributed by atoms with E-state index in [0.29, 0.717) is 5.82 Å². The van der Waals surface area contributed by atoms with E-state index in [1.165, 1.54) is 17.1 Å². The van der Waals surface area contributed by atoms with Gasteiger partial charge in [0, 0.05) is 43.9 Å². The second-order valence-electron chi connectivity index (χ2n) is 5.43. The second-order valence-corrected chi connectivity index (χ2v) is 7.06. The number of nitrogens with one attached hydrogen (secondary N) is 1. The Morgan fingerprint density at radius 2 is 2.00 bits per heavy atom. The first-order chi connectivity index (χ1) is 11.6. The van der Waals surface area contributed by atoms with Crippen molar-refractivity contribution in [2.24, 2.45) is 0 Å². The molecule has 3 aromatic rings. The molecule has 4 rings (SSSR count). The smallest absolute Gasteiger partial charge is 0.282 e. The molecule has 0 spiro atoms. The zero-order valence-electron chi connectivity index (χ0n) is 12.7. The lowest BCUT2D eigenvalue weighted by Crippen LogP contribution is -2.17. The van der Waals surface area contributed by atoms with Crippen LogP contribution in [0.25, 0.3) is 5.82 Å². The lowest BCUT2D eigenvalue weighted by Gasteiger charge is -2.11. The predicted molar refractivity (Wildman–Crippen MR) is 85.1 cm³/mol. The van der Waals surface area contributed by atoms with Crippen LogP contribution in [0.15, 0.2) is 42.1 Å². The summed E-state index contributed by atoms with van der Waals surface area (Å²) in [4.78, 5) is 12.5. The molecule has 0 radical (unpaired) electrons. The number of hydrogen-bond donors (Lipinski definition) is 1. The molecular weight excluding hydrogens is 330 g/mol. The Labute approximate surface area is 138 Å². The number of anilines is 1. The van der Waals surface area contributed by atoms with Crippen LogP contribution < -0.4 is 4.72 Å². The average molecular weight is 345 g/mol. The fourth-order valence-electron chi connectivity index (χ4n) is 2.66. The normalized spacial score (nSPS) is 14.3. The largest absolute Gasteiger partial charge is 0.333 e. The second kappa shape index (κ2) is 5.71. The standard InChI is InChI=1S/C14H15N7O2S/c22-24(23,12-10-20-8-2-1-4-11(20)18-12)19-13-14(16-7-6-15-13)21-9-3-5-17-21/h3,5-7,9-10H,1-2,4,8H2,(H,15,19). The van der Waals surface area contributed by atoms with Crippen molar-refractivity contribution in [3.8, 4) is 5.82 Å². The number of sulfonamides is 1. The molecule has 4 heterocycles. The molecule has 24 heavy (non-hydrogen) atoms. The molecule has 0 aromatic carbocycles. The molecule has 1 N–H and O–H groups in total. The van der Waals surface area contributed by atoms with E-state index < -0.39 is 10.0 Å². The van der Waals surface area contributed by atoms with E-state index >= 15 is 0 Å². The van der Waals surface area contributed by atoms with Gasteiger partial charge in [-0.25, -0.2) is 19.6 Å². The Morgan fingerprint density at radius 1 is 1.12 bits per heavy atom. The Bertz CT molecular complexity index is 939. The van der Waals surface area contributed by atoms with Gasteiger partial charge in [-0.3, -0.25) is 4.72 Å². The number of rotatable bonds is 4. The summed E-state index contributed by atoms with van der Waals surface area (Å²) in [6, 6.07) is 1.72. The van der Waals surface area contributed by atoms with Crippen LogP contribution in [-0.4, -0.2) is 37.7 Å². The fraction of sp³-hybridized carbons (Fsp3) is 0.286. The average Bonchev–Trinajstić information content (AvgIpc) is 3.25. The van der Waals surface area contributed by atoms with E-state index in [0.717, 1.165) is 31.6 Å². The fourth-order valence-corrected chi connectivity index (χ4v) is 3.65. The highest BCUT2D eigenvalue weighted by molar-refractivity contribution is 7.92. The molecule has 0 unspecified atom stereocenters. The van der Waals surface area contributed by atoms with Gasteiger partial charge >= 0.3 is 0 Å². The first-order valence-corrected chi connectivity index (χ1v) is 9.02. The van der Waals surface area contributed by atoms with Gasteiger partial charge in [-0.1, -0.05) is 0 Å². The van der Waals surface area contributed by atoms with Crippen LogP contribution in [0.1, 0.15) is 18.7 Å². The molecule has 0 atom stereocenters. The van der Waals surface area contributed by atoms with E-state index in [-0.39, 0.29) is 10.8 Å². The van der Waals surface area contributed by atoms with Crippen molar-refractivity contribution < 1.29 is 8.42 Å². The number of nitrogens with zero attached hydrogens (tertiary/aromatic N) is 6. The molecule has 0 aliphatic carbocycles. The van der Waals surface area contributed by atoms with Crippen molar-refractivity contribution in [2.45, 2.75) is 30.8 Å². The van der Waals surface area contributed by atoms with Crippen molar-refractivity contribution in [2.75, 3.05) is 4.72 Å². The molecule has 0 saturated heterocycles. The molecule has 9 nitrogen and oxygen atoms in total. The van der Waals surface area contributed by atoms with Gasteiger partial charge in [0.25, 0.3) is 10.0 Å². The Hall–Kier alpha value is -2.75. The minimum absolute atomic E-state index is 0.00327. The van der Waals surface area contributed by atoms with E-state index in [1.54, 1.807) is 24.7 Å². The Morgan fingerprint density at radius 3 is 2.79 bits per heavy atom. The number of aryl methyl sites for hydroxylation is 2. The summed E-state index contributed by atoms with van der Waals surface area (Å²) in [6.45, 7) is 0.793. The first-order valence-electron chi connectivity index (χ1n) is 7.53. The topological polar surface area (TPSA) is 108 Å². The predicted octanol–water partition coefficient (Wildman–Crippen LogP) is 0.996. The van der Waals surface area contributed by atoms with Crippen molar-refractivity contribution in [3.05, 3.63) is 42.9 Å². The maximum absolute atomic E-state index is 12.7. The van der Waals surface area contributed by atoms with Gasteiger partial charge in [-0.15, -0.1) is 0 Å². The van der Waals surface area contributed by atoms with Crippen LogP contribution >= 0.6 is 0 Å². The zero-order valence-corrected chi connectivity index (χ0v) is 13.5. The molecule has 3 aromatic heterocycles. The van der Waals surface area contributed by atoms with Gasteiger partial charge < -0.3 is 4.57 Å². The minimum Gasteiger partial charge on any atom is -0.333 e. The maximum Gasteiger partial charge on any atom is 0.282 e. The van der Waals surface area contributed by atoms with Crippen LogP contribution in [0.2, 0.25) is 0 Å². The number of aromatic nitrogens is 6. The third-order valence-corrected chi connectivity index (χ3v) is 5.00. The van der Waals surface area contributed by atoms with Crippen LogP contribution in [0.4, 0.5) is 5.82 Å². The summed E-state index contributed by atoms with van der Waals surface area (Å²) < 4.78 is 31.1. The van der Waals surface area contributed by atoms with E-state index in [2.05, 4.69) is 24.8 Å². The van der Waals surface area contributed by atoms with Crippen LogP contribution in [0.3, 0.4) is 0 Å². The van der Waals surface area contributed by atoms with Crippen molar-refractivity contribution in [3.63, 3.8) is 0 Å². The molecule has 1 aliphatic heterocycles. The summed E-state index contributed by atoms with van der Waals surface area (Å²) in [7, 11) is -3.85. The lowest BCUT2D eigenvalue weighted by molar-refractivity contribution is 0.522. The zero-order chi connectivity index (χ0) is 16.6. The number of hydrogen-bond acceptors (Lipinski definition) is 6. The van der Waals surface area contributed by atoms with E-state index in [4.69, 9.17) is 0 Å². The Kier molecular flexibility index (Phi) is 3.53. The maximum atomic E-state index is 12.7. The molecular formula is C14H15N7O2S. The molecule has 1 aliphatic rings. The highest BCUT2D eigenvalue weighted by Gasteiger charge is 2.24. The molecule has 0 fully saturated rings. The highest BCUT2D eigenvalue weighted by atomic mass is 32.2. The lowest BCUT2D eigenvalue weighted by atomic mass is 10.2. The van der Waals surface area contributed by atoms with E-state index in [1.807, 2.05) is 4.57 Å². The minimum atomic E-state index is -3.85. The summed E-state index contributed by atoms with van der Waals surface area (Å²) >= 11 is 0. The number of imidazole rings is 1. The van der Waals surface area contributed by atoms with Gasteiger partial charge in [0.2, 0.25) is 0 Å². The summed E-state index contributed by atoms with van der Waals surface area (Å²) in [5.74, 6) is 1.20. The molecule has 0 bridgehead atoms. The van der Waals surface area contributed by atoms with Gasteiger partial charge in [0.1, 0.15) is 5.82 Å². The molecule has 0 saturated carbocycles. The van der Waals surface area contributed by atoms with Crippen LogP contribution in [0, 0.1) is 0 Å². The van der Waals surface area contributed by atoms with Gasteiger partial charge in [-0.05, 0) is 18.9 Å².